The van der Waals surface area contributed by atoms with Crippen LogP contribution in [0.3, 0.4) is 0 Å². The van der Waals surface area contributed by atoms with Gasteiger partial charge in [0.1, 0.15) is 0 Å². The fourth-order valence-electron chi connectivity index (χ4n) is 1.56. The van der Waals surface area contributed by atoms with Gasteiger partial charge in [-0.3, -0.25) is 4.79 Å². The largest absolute Gasteiger partial charge is 0.475 e. The van der Waals surface area contributed by atoms with Crippen molar-refractivity contribution in [1.82, 2.24) is 15.1 Å². The lowest BCUT2D eigenvalue weighted by molar-refractivity contribution is 0.0946. The highest BCUT2D eigenvalue weighted by Gasteiger charge is 2.22. The zero-order chi connectivity index (χ0) is 12.4. The summed E-state index contributed by atoms with van der Waals surface area (Å²) in [7, 11) is 1.77. The second-order valence-electron chi connectivity index (χ2n) is 4.81. The van der Waals surface area contributed by atoms with E-state index in [9.17, 15) is 4.79 Å². The number of ether oxygens (including phenoxy) is 1. The maximum atomic E-state index is 11.8. The Hall–Kier alpha value is -1.52. The monoisotopic (exact) mass is 237 g/mol. The number of hydrogen-bond donors (Lipinski definition) is 1. The fourth-order valence-corrected chi connectivity index (χ4v) is 1.56. The molecule has 1 fully saturated rings. The van der Waals surface area contributed by atoms with Gasteiger partial charge in [-0.25, -0.2) is 4.68 Å². The highest BCUT2D eigenvalue weighted by atomic mass is 16.5. The van der Waals surface area contributed by atoms with Crippen molar-refractivity contribution in [2.45, 2.75) is 32.8 Å². The summed E-state index contributed by atoms with van der Waals surface area (Å²) in [5.74, 6) is 1.18. The van der Waals surface area contributed by atoms with Crippen molar-refractivity contribution in [3.8, 4) is 5.88 Å². The van der Waals surface area contributed by atoms with E-state index in [1.54, 1.807) is 17.8 Å². The van der Waals surface area contributed by atoms with Gasteiger partial charge >= 0.3 is 0 Å². The van der Waals surface area contributed by atoms with Crippen LogP contribution in [0.4, 0.5) is 0 Å². The Morgan fingerprint density at radius 3 is 2.94 bits per heavy atom. The zero-order valence-corrected chi connectivity index (χ0v) is 10.6. The summed E-state index contributed by atoms with van der Waals surface area (Å²) in [5.41, 5.74) is 0.420. The molecule has 1 aliphatic rings. The normalized spacial score (nSPS) is 15.1. The van der Waals surface area contributed by atoms with E-state index in [1.807, 2.05) is 13.8 Å². The number of carbonyl (C=O) groups is 1. The number of nitrogens with one attached hydrogen (secondary N) is 1. The Bertz CT molecular complexity index is 408. The summed E-state index contributed by atoms with van der Waals surface area (Å²) < 4.78 is 7.12. The third kappa shape index (κ3) is 3.22. The first-order valence-electron chi connectivity index (χ1n) is 6.05. The maximum absolute atomic E-state index is 11.8. The summed E-state index contributed by atoms with van der Waals surface area (Å²) in [6.07, 6.45) is 2.53. The molecule has 0 unspecified atom stereocenters. The maximum Gasteiger partial charge on any atom is 0.271 e. The molecule has 1 aromatic heterocycles. The van der Waals surface area contributed by atoms with Gasteiger partial charge in [0.2, 0.25) is 5.88 Å². The summed E-state index contributed by atoms with van der Waals surface area (Å²) in [5, 5.41) is 7.03. The molecule has 17 heavy (non-hydrogen) atoms. The molecular formula is C12H19N3O2. The van der Waals surface area contributed by atoms with Crippen LogP contribution in [0.25, 0.3) is 0 Å². The molecule has 1 heterocycles. The minimum atomic E-state index is -0.119. The van der Waals surface area contributed by atoms with Crippen LogP contribution in [0.2, 0.25) is 0 Å². The molecule has 2 rings (SSSR count). The Balaban J connectivity index is 1.96. The SMILES string of the molecule is CC(C)Oc1cc(C(=O)NCC2CC2)nn1C. The molecule has 0 bridgehead atoms. The van der Waals surface area contributed by atoms with Crippen molar-refractivity contribution < 1.29 is 9.53 Å². The van der Waals surface area contributed by atoms with Crippen LogP contribution in [0.1, 0.15) is 37.2 Å². The van der Waals surface area contributed by atoms with E-state index < -0.39 is 0 Å². The highest BCUT2D eigenvalue weighted by Crippen LogP contribution is 2.27. The van der Waals surface area contributed by atoms with Gasteiger partial charge in [-0.05, 0) is 32.6 Å². The quantitative estimate of drug-likeness (QED) is 0.841. The summed E-state index contributed by atoms with van der Waals surface area (Å²) in [6, 6.07) is 1.68. The van der Waals surface area contributed by atoms with Crippen molar-refractivity contribution in [1.29, 1.82) is 0 Å². The Morgan fingerprint density at radius 2 is 2.35 bits per heavy atom. The molecule has 1 N–H and O–H groups in total. The minimum Gasteiger partial charge on any atom is -0.475 e. The van der Waals surface area contributed by atoms with Gasteiger partial charge < -0.3 is 10.1 Å². The molecule has 1 amide bonds. The molecular weight excluding hydrogens is 218 g/mol. The highest BCUT2D eigenvalue weighted by molar-refractivity contribution is 5.92. The summed E-state index contributed by atoms with van der Waals surface area (Å²) >= 11 is 0. The fraction of sp³-hybridized carbons (Fsp3) is 0.667. The van der Waals surface area contributed by atoms with Crippen molar-refractivity contribution in [2.24, 2.45) is 13.0 Å². The second-order valence-corrected chi connectivity index (χ2v) is 4.81. The first-order valence-corrected chi connectivity index (χ1v) is 6.05. The van der Waals surface area contributed by atoms with Gasteiger partial charge in [0, 0.05) is 19.7 Å². The second kappa shape index (κ2) is 4.77. The van der Waals surface area contributed by atoms with Crippen molar-refractivity contribution >= 4 is 5.91 Å². The van der Waals surface area contributed by atoms with Gasteiger partial charge in [-0.15, -0.1) is 0 Å². The summed E-state index contributed by atoms with van der Waals surface area (Å²) in [4.78, 5) is 11.8. The standard InChI is InChI=1S/C12H19N3O2/c1-8(2)17-11-6-10(14-15(11)3)12(16)13-7-9-4-5-9/h6,8-9H,4-5,7H2,1-3H3,(H,13,16). The van der Waals surface area contributed by atoms with Crippen molar-refractivity contribution in [3.63, 3.8) is 0 Å². The number of rotatable bonds is 5. The lowest BCUT2D eigenvalue weighted by Crippen LogP contribution is -2.25. The lowest BCUT2D eigenvalue weighted by Gasteiger charge is -2.07. The number of nitrogens with zero attached hydrogens (tertiary/aromatic N) is 2. The van der Waals surface area contributed by atoms with Crippen LogP contribution in [-0.4, -0.2) is 28.3 Å². The van der Waals surface area contributed by atoms with E-state index in [2.05, 4.69) is 10.4 Å². The predicted molar refractivity (Wildman–Crippen MR) is 64.0 cm³/mol. The topological polar surface area (TPSA) is 56.1 Å². The third-order valence-electron chi connectivity index (χ3n) is 2.67. The number of hydrogen-bond acceptors (Lipinski definition) is 3. The molecule has 0 saturated heterocycles. The van der Waals surface area contributed by atoms with Gasteiger partial charge in [0.05, 0.1) is 6.10 Å². The van der Waals surface area contributed by atoms with Gasteiger partial charge in [-0.2, -0.15) is 5.10 Å². The van der Waals surface area contributed by atoms with Crippen LogP contribution in [-0.2, 0) is 7.05 Å². The van der Waals surface area contributed by atoms with E-state index in [4.69, 9.17) is 4.74 Å². The Labute approximate surface area is 101 Å². The molecule has 0 aromatic carbocycles. The van der Waals surface area contributed by atoms with Crippen LogP contribution < -0.4 is 10.1 Å². The average molecular weight is 237 g/mol. The third-order valence-corrected chi connectivity index (χ3v) is 2.67. The molecule has 0 atom stereocenters. The molecule has 1 aromatic rings. The van der Waals surface area contributed by atoms with Crippen LogP contribution in [0.5, 0.6) is 5.88 Å². The van der Waals surface area contributed by atoms with Crippen LogP contribution in [0, 0.1) is 5.92 Å². The van der Waals surface area contributed by atoms with E-state index in [1.165, 1.54) is 12.8 Å². The van der Waals surface area contributed by atoms with E-state index in [-0.39, 0.29) is 12.0 Å². The zero-order valence-electron chi connectivity index (χ0n) is 10.6. The van der Waals surface area contributed by atoms with Gasteiger partial charge in [0.15, 0.2) is 5.69 Å². The van der Waals surface area contributed by atoms with Gasteiger partial charge in [-0.1, -0.05) is 0 Å². The van der Waals surface area contributed by atoms with E-state index in [0.717, 1.165) is 6.54 Å². The lowest BCUT2D eigenvalue weighted by atomic mass is 10.3. The molecule has 5 nitrogen and oxygen atoms in total. The number of carbonyl (C=O) groups excluding carboxylic acids is 1. The van der Waals surface area contributed by atoms with Crippen LogP contribution in [0.15, 0.2) is 6.07 Å². The Morgan fingerprint density at radius 1 is 1.65 bits per heavy atom. The number of aromatic nitrogens is 2. The molecule has 0 radical (unpaired) electrons. The van der Waals surface area contributed by atoms with Gasteiger partial charge in [0.25, 0.3) is 5.91 Å². The van der Waals surface area contributed by atoms with Crippen molar-refractivity contribution in [3.05, 3.63) is 11.8 Å². The van der Waals surface area contributed by atoms with E-state index >= 15 is 0 Å². The van der Waals surface area contributed by atoms with E-state index in [0.29, 0.717) is 17.5 Å². The molecule has 1 saturated carbocycles. The average Bonchev–Trinajstić information content (AvgIpc) is 3.01. The molecule has 0 aliphatic heterocycles. The molecule has 1 aliphatic carbocycles. The Kier molecular flexibility index (Phi) is 3.36. The molecule has 5 heteroatoms. The number of aryl methyl sites for hydroxylation is 1. The van der Waals surface area contributed by atoms with Crippen molar-refractivity contribution in [2.75, 3.05) is 6.54 Å². The smallest absolute Gasteiger partial charge is 0.271 e. The predicted octanol–water partition coefficient (Wildman–Crippen LogP) is 1.35. The molecule has 94 valence electrons. The minimum absolute atomic E-state index is 0.0766. The summed E-state index contributed by atoms with van der Waals surface area (Å²) in [6.45, 7) is 4.65. The first kappa shape index (κ1) is 12.0. The molecule has 0 spiro atoms. The first-order chi connectivity index (χ1) is 8.06. The number of amides is 1. The van der Waals surface area contributed by atoms with Crippen LogP contribution >= 0.6 is 0 Å².